The number of benzene rings is 1. The van der Waals surface area contributed by atoms with E-state index in [0.29, 0.717) is 0 Å². The second kappa shape index (κ2) is 5.08. The minimum Gasteiger partial charge on any atom is -0.434 e. The molecule has 3 heteroatoms. The molecule has 0 amide bonds. The van der Waals surface area contributed by atoms with Crippen molar-refractivity contribution in [3.05, 3.63) is 30.3 Å². The molecule has 0 aromatic heterocycles. The van der Waals surface area contributed by atoms with Crippen molar-refractivity contribution in [3.63, 3.8) is 0 Å². The van der Waals surface area contributed by atoms with Gasteiger partial charge in [-0.05, 0) is 0 Å². The van der Waals surface area contributed by atoms with Crippen LogP contribution in [0, 0.1) is 0 Å². The van der Waals surface area contributed by atoms with Crippen LogP contribution in [0.3, 0.4) is 0 Å². The molecule has 0 atom stereocenters. The zero-order chi connectivity index (χ0) is 8.32. The summed E-state index contributed by atoms with van der Waals surface area (Å²) < 4.78 is 0. The van der Waals surface area contributed by atoms with Crippen molar-refractivity contribution in [2.24, 2.45) is 0 Å². The van der Waals surface area contributed by atoms with Gasteiger partial charge in [0.05, 0.1) is 0 Å². The van der Waals surface area contributed by atoms with E-state index in [9.17, 15) is 0 Å². The molecule has 1 aromatic carbocycles. The fourth-order valence-corrected chi connectivity index (χ4v) is 5.28. The van der Waals surface area contributed by atoms with Crippen LogP contribution >= 0.6 is 0 Å². The van der Waals surface area contributed by atoms with E-state index >= 15 is 0 Å². The van der Waals surface area contributed by atoms with Crippen LogP contribution in [0.1, 0.15) is 0 Å². The molecular formula is C9H14LiSi2. The van der Waals surface area contributed by atoms with E-state index in [2.05, 4.69) is 50.0 Å². The van der Waals surface area contributed by atoms with Crippen LogP contribution in [0.5, 0.6) is 0 Å². The molecule has 0 spiro atoms. The minimum absolute atomic E-state index is 0. The summed E-state index contributed by atoms with van der Waals surface area (Å²) in [5.41, 5.74) is 0. The summed E-state index contributed by atoms with van der Waals surface area (Å²) in [5.74, 6) is 0. The van der Waals surface area contributed by atoms with Crippen molar-refractivity contribution in [1.82, 2.24) is 0 Å². The molecular weight excluding hydrogens is 171 g/mol. The molecule has 0 nitrogen and oxygen atoms in total. The Morgan fingerprint density at radius 3 is 1.92 bits per heavy atom. The first kappa shape index (κ1) is 12.3. The van der Waals surface area contributed by atoms with E-state index < -0.39 is 7.59 Å². The van der Waals surface area contributed by atoms with Crippen LogP contribution in [-0.2, 0) is 0 Å². The third kappa shape index (κ3) is 5.00. The largest absolute Gasteiger partial charge is 1.00 e. The molecule has 0 heterocycles. The van der Waals surface area contributed by atoms with Crippen molar-refractivity contribution in [2.45, 2.75) is 19.6 Å². The van der Waals surface area contributed by atoms with Gasteiger partial charge in [0.2, 0.25) is 0 Å². The second-order valence-corrected chi connectivity index (χ2v) is 14.3. The van der Waals surface area contributed by atoms with Crippen molar-refractivity contribution < 1.29 is 18.9 Å². The van der Waals surface area contributed by atoms with Crippen LogP contribution < -0.4 is 24.0 Å². The van der Waals surface area contributed by atoms with E-state index in [4.69, 9.17) is 0 Å². The predicted octanol–water partition coefficient (Wildman–Crippen LogP) is -1.14. The van der Waals surface area contributed by atoms with Gasteiger partial charge in [-0.1, -0.05) is 50.0 Å². The minimum atomic E-state index is -0.870. The Bertz CT molecular complexity index is 216. The SMILES string of the molecule is C[Si](C)(C)[Si-]c1ccccc1.[Li+]. The second-order valence-electron chi connectivity index (χ2n) is 3.74. The zero-order valence-corrected chi connectivity index (χ0v) is 10.4. The van der Waals surface area contributed by atoms with Crippen LogP contribution in [0.2, 0.25) is 19.6 Å². The van der Waals surface area contributed by atoms with Gasteiger partial charge in [-0.3, -0.25) is 0 Å². The first-order valence-electron chi connectivity index (χ1n) is 3.91. The summed E-state index contributed by atoms with van der Waals surface area (Å²) in [4.78, 5) is 0. The number of rotatable bonds is 2. The van der Waals surface area contributed by atoms with Crippen molar-refractivity contribution in [2.75, 3.05) is 0 Å². The Hall–Kier alpha value is 0.251. The molecule has 0 saturated carbocycles. The van der Waals surface area contributed by atoms with Crippen LogP contribution in [0.15, 0.2) is 30.3 Å². The summed E-state index contributed by atoms with van der Waals surface area (Å²) in [6.45, 7) is 7.25. The first-order valence-corrected chi connectivity index (χ1v) is 9.41. The van der Waals surface area contributed by atoms with Gasteiger partial charge in [-0.15, -0.1) is 7.59 Å². The topological polar surface area (TPSA) is 0 Å². The van der Waals surface area contributed by atoms with Crippen molar-refractivity contribution in [1.29, 1.82) is 0 Å². The van der Waals surface area contributed by atoms with Gasteiger partial charge in [0.25, 0.3) is 0 Å². The molecule has 0 unspecified atom stereocenters. The normalized spacial score (nSPS) is 10.2. The van der Waals surface area contributed by atoms with Crippen molar-refractivity contribution >= 4 is 21.8 Å². The maximum absolute atomic E-state index is 2.42. The smallest absolute Gasteiger partial charge is 0.434 e. The maximum atomic E-state index is 2.42. The first-order chi connectivity index (χ1) is 5.08. The van der Waals surface area contributed by atoms with Gasteiger partial charge in [0.15, 0.2) is 0 Å². The molecule has 0 bridgehead atoms. The van der Waals surface area contributed by atoms with E-state index in [1.54, 1.807) is 0 Å². The molecule has 0 fully saturated rings. The van der Waals surface area contributed by atoms with Gasteiger partial charge in [-0.25, -0.2) is 5.19 Å². The monoisotopic (exact) mass is 185 g/mol. The quantitative estimate of drug-likeness (QED) is 0.511. The van der Waals surface area contributed by atoms with E-state index in [1.807, 2.05) is 0 Å². The summed E-state index contributed by atoms with van der Waals surface area (Å²) in [5, 5.41) is 1.52. The predicted molar refractivity (Wildman–Crippen MR) is 55.2 cm³/mol. The Morgan fingerprint density at radius 1 is 1.00 bits per heavy atom. The maximum Gasteiger partial charge on any atom is 1.00 e. The Labute approximate surface area is 90.6 Å². The standard InChI is InChI=1S/C9H14Si2.Li/c1-11(2,3)10-9-7-5-4-6-8-9;/h4-8H,1-3H3;/q-1;+1. The molecule has 0 aliphatic rings. The summed E-state index contributed by atoms with van der Waals surface area (Å²) in [6, 6.07) is 10.8. The Kier molecular flexibility index (Phi) is 5.19. The summed E-state index contributed by atoms with van der Waals surface area (Å²) >= 11 is 0. The summed E-state index contributed by atoms with van der Waals surface area (Å²) in [7, 11) is 0.182. The molecule has 1 radical (unpaired) electrons. The molecule has 0 aliphatic carbocycles. The Morgan fingerprint density at radius 2 is 1.50 bits per heavy atom. The number of hydrogen-bond donors (Lipinski definition) is 0. The summed E-state index contributed by atoms with van der Waals surface area (Å²) in [6.07, 6.45) is 0. The average Bonchev–Trinajstić information content (AvgIpc) is 1.85. The molecule has 12 heavy (non-hydrogen) atoms. The third-order valence-electron chi connectivity index (χ3n) is 1.29. The molecule has 0 saturated heterocycles. The van der Waals surface area contributed by atoms with Crippen molar-refractivity contribution in [3.8, 4) is 0 Å². The Balaban J connectivity index is 0.00000121. The molecule has 1 aromatic rings. The fourth-order valence-electron chi connectivity index (χ4n) is 0.954. The van der Waals surface area contributed by atoms with Crippen LogP contribution in [0.4, 0.5) is 0 Å². The van der Waals surface area contributed by atoms with Gasteiger partial charge in [0, 0.05) is 0 Å². The number of hydrogen-bond acceptors (Lipinski definition) is 0. The van der Waals surface area contributed by atoms with E-state index in [0.717, 1.165) is 9.04 Å². The van der Waals surface area contributed by atoms with E-state index in [1.165, 1.54) is 5.19 Å². The van der Waals surface area contributed by atoms with Gasteiger partial charge < -0.3 is 9.04 Å². The molecule has 59 valence electrons. The zero-order valence-electron chi connectivity index (χ0n) is 8.39. The molecule has 0 N–H and O–H groups in total. The van der Waals surface area contributed by atoms with E-state index in [-0.39, 0.29) is 18.9 Å². The van der Waals surface area contributed by atoms with Gasteiger partial charge in [0.1, 0.15) is 0 Å². The fraction of sp³-hybridized carbons (Fsp3) is 0.333. The molecule has 1 rings (SSSR count). The average molecular weight is 185 g/mol. The van der Waals surface area contributed by atoms with Gasteiger partial charge in [-0.2, -0.15) is 0 Å². The van der Waals surface area contributed by atoms with Crippen LogP contribution in [0.25, 0.3) is 0 Å². The van der Waals surface area contributed by atoms with Gasteiger partial charge >= 0.3 is 18.9 Å². The third-order valence-corrected chi connectivity index (χ3v) is 5.78. The molecule has 0 aliphatic heterocycles. The van der Waals surface area contributed by atoms with Crippen LogP contribution in [-0.4, -0.2) is 16.6 Å².